The average molecular weight is 369 g/mol. The van der Waals surface area contributed by atoms with Gasteiger partial charge in [-0.25, -0.2) is 0 Å². The molecule has 138 valence electrons. The van der Waals surface area contributed by atoms with Crippen molar-refractivity contribution in [2.24, 2.45) is 0 Å². The van der Waals surface area contributed by atoms with E-state index in [-0.39, 0.29) is 11.8 Å². The van der Waals surface area contributed by atoms with Crippen molar-refractivity contribution in [3.63, 3.8) is 0 Å². The molecule has 2 amide bonds. The van der Waals surface area contributed by atoms with Crippen molar-refractivity contribution in [3.05, 3.63) is 101 Å². The lowest BCUT2D eigenvalue weighted by Gasteiger charge is -2.09. The zero-order valence-electron chi connectivity index (χ0n) is 15.4. The van der Waals surface area contributed by atoms with Crippen LogP contribution >= 0.6 is 0 Å². The van der Waals surface area contributed by atoms with Crippen LogP contribution in [-0.4, -0.2) is 11.8 Å². The van der Waals surface area contributed by atoms with Crippen molar-refractivity contribution in [2.45, 2.75) is 13.5 Å². The lowest BCUT2D eigenvalue weighted by Crippen LogP contribution is -2.23. The van der Waals surface area contributed by atoms with Crippen LogP contribution in [0.5, 0.6) is 0 Å². The minimum Gasteiger partial charge on any atom is -0.348 e. The molecule has 3 aromatic rings. The van der Waals surface area contributed by atoms with Crippen LogP contribution in [0.25, 0.3) is 0 Å². The molecule has 0 atom stereocenters. The smallest absolute Gasteiger partial charge is 0.255 e. The highest BCUT2D eigenvalue weighted by molar-refractivity contribution is 6.05. The number of anilines is 1. The highest BCUT2D eigenvalue weighted by atomic mass is 16.2. The predicted molar refractivity (Wildman–Crippen MR) is 108 cm³/mol. The molecule has 5 nitrogen and oxygen atoms in total. The van der Waals surface area contributed by atoms with E-state index in [9.17, 15) is 9.59 Å². The minimum atomic E-state index is -0.338. The fourth-order valence-electron chi connectivity index (χ4n) is 2.74. The normalized spacial score (nSPS) is 10.0. The SMILES string of the molecule is Cc1ccccc1CNC(=O)c1ccc(C(=O)Nc2ccccc2C#N)cc1. The molecule has 0 aliphatic carbocycles. The molecular weight excluding hydrogens is 350 g/mol. The highest BCUT2D eigenvalue weighted by Crippen LogP contribution is 2.15. The zero-order chi connectivity index (χ0) is 19.9. The number of hydrogen-bond donors (Lipinski definition) is 2. The molecule has 0 aliphatic heterocycles. The van der Waals surface area contributed by atoms with Gasteiger partial charge in [0.05, 0.1) is 11.3 Å². The highest BCUT2D eigenvalue weighted by Gasteiger charge is 2.11. The Morgan fingerprint density at radius 1 is 0.857 bits per heavy atom. The number of carbonyl (C=O) groups excluding carboxylic acids is 2. The molecule has 0 fully saturated rings. The Hall–Kier alpha value is -3.91. The Balaban J connectivity index is 1.64. The van der Waals surface area contributed by atoms with Crippen molar-refractivity contribution >= 4 is 17.5 Å². The van der Waals surface area contributed by atoms with Crippen LogP contribution in [-0.2, 0) is 6.54 Å². The first-order valence-electron chi connectivity index (χ1n) is 8.82. The van der Waals surface area contributed by atoms with Crippen LogP contribution in [0.3, 0.4) is 0 Å². The minimum absolute atomic E-state index is 0.204. The van der Waals surface area contributed by atoms with Crippen LogP contribution < -0.4 is 10.6 Å². The molecule has 3 rings (SSSR count). The van der Waals surface area contributed by atoms with E-state index in [1.807, 2.05) is 37.3 Å². The third kappa shape index (κ3) is 4.43. The molecule has 3 aromatic carbocycles. The molecule has 0 unspecified atom stereocenters. The van der Waals surface area contributed by atoms with Crippen molar-refractivity contribution in [1.82, 2.24) is 5.32 Å². The van der Waals surface area contributed by atoms with E-state index in [2.05, 4.69) is 10.6 Å². The lowest BCUT2D eigenvalue weighted by molar-refractivity contribution is 0.0949. The predicted octanol–water partition coefficient (Wildman–Crippen LogP) is 4.05. The molecule has 0 spiro atoms. The molecule has 0 radical (unpaired) electrons. The molecule has 0 aliphatic rings. The van der Waals surface area contributed by atoms with Crippen LogP contribution in [0.15, 0.2) is 72.8 Å². The van der Waals surface area contributed by atoms with Gasteiger partial charge in [-0.1, -0.05) is 36.4 Å². The van der Waals surface area contributed by atoms with Gasteiger partial charge in [0.1, 0.15) is 6.07 Å². The Morgan fingerprint density at radius 2 is 1.46 bits per heavy atom. The summed E-state index contributed by atoms with van der Waals surface area (Å²) >= 11 is 0. The first-order chi connectivity index (χ1) is 13.6. The molecule has 0 saturated heterocycles. The summed E-state index contributed by atoms with van der Waals surface area (Å²) in [4.78, 5) is 24.7. The van der Waals surface area contributed by atoms with Gasteiger partial charge < -0.3 is 10.6 Å². The summed E-state index contributed by atoms with van der Waals surface area (Å²) in [5.41, 5.74) is 3.90. The van der Waals surface area contributed by atoms with Gasteiger partial charge >= 0.3 is 0 Å². The van der Waals surface area contributed by atoms with Crippen LogP contribution in [0.2, 0.25) is 0 Å². The molecule has 5 heteroatoms. The number of nitrogens with zero attached hydrogens (tertiary/aromatic N) is 1. The summed E-state index contributed by atoms with van der Waals surface area (Å²) in [5.74, 6) is -0.542. The number of hydrogen-bond acceptors (Lipinski definition) is 3. The van der Waals surface area contributed by atoms with Crippen molar-refractivity contribution < 1.29 is 9.59 Å². The molecular formula is C23H19N3O2. The van der Waals surface area contributed by atoms with Crippen molar-refractivity contribution in [1.29, 1.82) is 5.26 Å². The number of amides is 2. The lowest BCUT2D eigenvalue weighted by atomic mass is 10.1. The quantitative estimate of drug-likeness (QED) is 0.712. The third-order valence-corrected chi connectivity index (χ3v) is 4.41. The molecule has 2 N–H and O–H groups in total. The van der Waals surface area contributed by atoms with E-state index < -0.39 is 0 Å². The van der Waals surface area contributed by atoms with E-state index in [0.717, 1.165) is 11.1 Å². The second-order valence-corrected chi connectivity index (χ2v) is 6.30. The Bertz CT molecular complexity index is 1050. The van der Waals surface area contributed by atoms with Gasteiger partial charge in [-0.2, -0.15) is 5.26 Å². The maximum Gasteiger partial charge on any atom is 0.255 e. The van der Waals surface area contributed by atoms with Crippen LogP contribution in [0.1, 0.15) is 37.4 Å². The summed E-state index contributed by atoms with van der Waals surface area (Å²) in [7, 11) is 0. The number of nitrogens with one attached hydrogen (secondary N) is 2. The number of benzene rings is 3. The Labute approximate surface area is 163 Å². The second-order valence-electron chi connectivity index (χ2n) is 6.30. The zero-order valence-corrected chi connectivity index (χ0v) is 15.4. The number of carbonyl (C=O) groups is 2. The third-order valence-electron chi connectivity index (χ3n) is 4.41. The summed E-state index contributed by atoms with van der Waals surface area (Å²) in [6, 6.07) is 23.1. The maximum atomic E-state index is 12.4. The monoisotopic (exact) mass is 369 g/mol. The van der Waals surface area contributed by atoms with Gasteiger partial charge in [-0.05, 0) is 54.4 Å². The van der Waals surface area contributed by atoms with E-state index >= 15 is 0 Å². The van der Waals surface area contributed by atoms with Crippen molar-refractivity contribution in [3.8, 4) is 6.07 Å². The van der Waals surface area contributed by atoms with Gasteiger partial charge in [0.2, 0.25) is 0 Å². The van der Waals surface area contributed by atoms with Gasteiger partial charge in [0.15, 0.2) is 0 Å². The maximum absolute atomic E-state index is 12.4. The van der Waals surface area contributed by atoms with Crippen LogP contribution in [0, 0.1) is 18.3 Å². The largest absolute Gasteiger partial charge is 0.348 e. The van der Waals surface area contributed by atoms with E-state index in [1.165, 1.54) is 0 Å². The van der Waals surface area contributed by atoms with E-state index in [0.29, 0.717) is 28.9 Å². The Morgan fingerprint density at radius 3 is 2.14 bits per heavy atom. The summed E-state index contributed by atoms with van der Waals surface area (Å²) < 4.78 is 0. The molecule has 0 saturated carbocycles. The fraction of sp³-hybridized carbons (Fsp3) is 0.0870. The average Bonchev–Trinajstić information content (AvgIpc) is 2.73. The van der Waals surface area contributed by atoms with Crippen LogP contribution in [0.4, 0.5) is 5.69 Å². The number of aryl methyl sites for hydroxylation is 1. The summed E-state index contributed by atoms with van der Waals surface area (Å²) in [6.45, 7) is 2.44. The summed E-state index contributed by atoms with van der Waals surface area (Å²) in [6.07, 6.45) is 0. The number of para-hydroxylation sites is 1. The molecule has 0 aromatic heterocycles. The Kier molecular flexibility index (Phi) is 5.83. The topological polar surface area (TPSA) is 82.0 Å². The van der Waals surface area contributed by atoms with Gasteiger partial charge in [-0.3, -0.25) is 9.59 Å². The van der Waals surface area contributed by atoms with Gasteiger partial charge in [-0.15, -0.1) is 0 Å². The first-order valence-corrected chi connectivity index (χ1v) is 8.82. The number of rotatable bonds is 5. The molecule has 28 heavy (non-hydrogen) atoms. The first kappa shape index (κ1) is 18.9. The second kappa shape index (κ2) is 8.65. The van der Waals surface area contributed by atoms with Crippen molar-refractivity contribution in [2.75, 3.05) is 5.32 Å². The van der Waals surface area contributed by atoms with E-state index in [1.54, 1.807) is 48.5 Å². The summed E-state index contributed by atoms with van der Waals surface area (Å²) in [5, 5.41) is 14.7. The standard InChI is InChI=1S/C23H19N3O2/c1-16-6-2-3-8-20(16)15-25-22(27)17-10-12-18(13-11-17)23(28)26-21-9-5-4-7-19(21)14-24/h2-13H,15H2,1H3,(H,25,27)(H,26,28). The van der Waals surface area contributed by atoms with Gasteiger partial charge in [0.25, 0.3) is 11.8 Å². The molecule has 0 bridgehead atoms. The molecule has 0 heterocycles. The fourth-order valence-corrected chi connectivity index (χ4v) is 2.74. The number of nitriles is 1. The van der Waals surface area contributed by atoms with E-state index in [4.69, 9.17) is 5.26 Å². The van der Waals surface area contributed by atoms with Gasteiger partial charge in [0, 0.05) is 17.7 Å².